The third-order valence-corrected chi connectivity index (χ3v) is 3.05. The molecule has 6 nitrogen and oxygen atoms in total. The highest BCUT2D eigenvalue weighted by molar-refractivity contribution is 5.87. The first-order valence-electron chi connectivity index (χ1n) is 6.18. The Kier molecular flexibility index (Phi) is 4.18. The van der Waals surface area contributed by atoms with Gasteiger partial charge in [0.1, 0.15) is 12.4 Å². The summed E-state index contributed by atoms with van der Waals surface area (Å²) in [5.41, 5.74) is 1.45. The average Bonchev–Trinajstić information content (AvgIpc) is 2.46. The van der Waals surface area contributed by atoms with Gasteiger partial charge in [0.2, 0.25) is 0 Å². The molecule has 2 aromatic rings. The number of ether oxygens (including phenoxy) is 1. The number of nitro benzene ring substituents is 1. The topological polar surface area (TPSA) is 89.7 Å². The summed E-state index contributed by atoms with van der Waals surface area (Å²) in [6.07, 6.45) is 0. The van der Waals surface area contributed by atoms with Crippen LogP contribution in [0, 0.1) is 17.0 Å². The molecule has 0 spiro atoms. The Hall–Kier alpha value is -2.89. The van der Waals surface area contributed by atoms with E-state index in [0.29, 0.717) is 11.3 Å². The second-order valence-electron chi connectivity index (χ2n) is 4.45. The van der Waals surface area contributed by atoms with Crippen molar-refractivity contribution in [3.05, 3.63) is 69.3 Å². The van der Waals surface area contributed by atoms with Crippen molar-refractivity contribution >= 4 is 11.7 Å². The van der Waals surface area contributed by atoms with Gasteiger partial charge in [0.15, 0.2) is 0 Å². The number of carbonyl (C=O) groups is 1. The molecule has 0 bridgehead atoms. The lowest BCUT2D eigenvalue weighted by Crippen LogP contribution is -2.01. The SMILES string of the molecule is Cc1c(OCc2ccc(C(=O)O)cc2)cccc1[N+](=O)[O-]. The predicted molar refractivity (Wildman–Crippen MR) is 75.6 cm³/mol. The Bertz CT molecular complexity index is 679. The van der Waals surface area contributed by atoms with Gasteiger partial charge < -0.3 is 9.84 Å². The minimum absolute atomic E-state index is 0.00808. The second-order valence-corrected chi connectivity index (χ2v) is 4.45. The van der Waals surface area contributed by atoms with Crippen LogP contribution in [0.15, 0.2) is 42.5 Å². The van der Waals surface area contributed by atoms with E-state index in [0.717, 1.165) is 5.56 Å². The largest absolute Gasteiger partial charge is 0.488 e. The van der Waals surface area contributed by atoms with E-state index >= 15 is 0 Å². The van der Waals surface area contributed by atoms with Crippen molar-refractivity contribution in [2.45, 2.75) is 13.5 Å². The lowest BCUT2D eigenvalue weighted by molar-refractivity contribution is -0.385. The van der Waals surface area contributed by atoms with E-state index in [1.54, 1.807) is 31.2 Å². The summed E-state index contributed by atoms with van der Waals surface area (Å²) in [5.74, 6) is -0.552. The van der Waals surface area contributed by atoms with Crippen LogP contribution in [0.3, 0.4) is 0 Å². The smallest absolute Gasteiger partial charge is 0.335 e. The number of carboxylic acids is 1. The van der Waals surface area contributed by atoms with Crippen molar-refractivity contribution in [3.8, 4) is 5.75 Å². The van der Waals surface area contributed by atoms with Crippen molar-refractivity contribution in [1.82, 2.24) is 0 Å². The summed E-state index contributed by atoms with van der Waals surface area (Å²) in [4.78, 5) is 21.1. The first-order chi connectivity index (χ1) is 9.99. The highest BCUT2D eigenvalue weighted by atomic mass is 16.6. The van der Waals surface area contributed by atoms with Gasteiger partial charge in [-0.3, -0.25) is 10.1 Å². The molecule has 0 atom stereocenters. The Labute approximate surface area is 120 Å². The van der Waals surface area contributed by atoms with Crippen LogP contribution in [0.25, 0.3) is 0 Å². The van der Waals surface area contributed by atoms with Gasteiger partial charge in [-0.1, -0.05) is 18.2 Å². The molecule has 1 N–H and O–H groups in total. The molecule has 0 amide bonds. The van der Waals surface area contributed by atoms with Gasteiger partial charge in [0, 0.05) is 6.07 Å². The van der Waals surface area contributed by atoms with E-state index in [-0.39, 0.29) is 17.9 Å². The van der Waals surface area contributed by atoms with E-state index in [2.05, 4.69) is 0 Å². The van der Waals surface area contributed by atoms with E-state index in [1.807, 2.05) is 0 Å². The maximum absolute atomic E-state index is 10.8. The molecule has 2 rings (SSSR count). The molecule has 0 aliphatic rings. The number of hydrogen-bond acceptors (Lipinski definition) is 4. The molecule has 0 heterocycles. The molecule has 21 heavy (non-hydrogen) atoms. The lowest BCUT2D eigenvalue weighted by Gasteiger charge is -2.09. The van der Waals surface area contributed by atoms with Crippen LogP contribution < -0.4 is 4.74 Å². The monoisotopic (exact) mass is 287 g/mol. The number of aromatic carboxylic acids is 1. The Morgan fingerprint density at radius 3 is 2.48 bits per heavy atom. The standard InChI is InChI=1S/C15H13NO5/c1-10-13(16(19)20)3-2-4-14(10)21-9-11-5-7-12(8-6-11)15(17)18/h2-8H,9H2,1H3,(H,17,18). The molecular weight excluding hydrogens is 274 g/mol. The van der Waals surface area contributed by atoms with Crippen molar-refractivity contribution in [1.29, 1.82) is 0 Å². The Morgan fingerprint density at radius 2 is 1.90 bits per heavy atom. The first kappa shape index (κ1) is 14.5. The molecule has 0 fully saturated rings. The molecule has 0 saturated carbocycles. The fourth-order valence-electron chi connectivity index (χ4n) is 1.86. The zero-order valence-corrected chi connectivity index (χ0v) is 11.3. The number of nitro groups is 1. The van der Waals surface area contributed by atoms with E-state index in [9.17, 15) is 14.9 Å². The van der Waals surface area contributed by atoms with E-state index < -0.39 is 10.9 Å². The number of rotatable bonds is 5. The summed E-state index contributed by atoms with van der Waals surface area (Å²) in [5, 5.41) is 19.7. The number of nitrogens with zero attached hydrogens (tertiary/aromatic N) is 1. The molecule has 0 aliphatic carbocycles. The Morgan fingerprint density at radius 1 is 1.24 bits per heavy atom. The van der Waals surface area contributed by atoms with Crippen molar-refractivity contribution in [2.24, 2.45) is 0 Å². The van der Waals surface area contributed by atoms with Crippen LogP contribution in [-0.2, 0) is 6.61 Å². The van der Waals surface area contributed by atoms with Gasteiger partial charge in [-0.15, -0.1) is 0 Å². The molecule has 2 aromatic carbocycles. The molecule has 0 aromatic heterocycles. The third kappa shape index (κ3) is 3.36. The van der Waals surface area contributed by atoms with Gasteiger partial charge in [0.05, 0.1) is 16.1 Å². The van der Waals surface area contributed by atoms with Gasteiger partial charge in [-0.25, -0.2) is 4.79 Å². The number of carboxylic acid groups (broad SMARTS) is 1. The van der Waals surface area contributed by atoms with Crippen LogP contribution in [0.1, 0.15) is 21.5 Å². The number of hydrogen-bond donors (Lipinski definition) is 1. The summed E-state index contributed by atoms with van der Waals surface area (Å²) >= 11 is 0. The van der Waals surface area contributed by atoms with E-state index in [1.165, 1.54) is 18.2 Å². The third-order valence-electron chi connectivity index (χ3n) is 3.05. The summed E-state index contributed by atoms with van der Waals surface area (Å²) in [6.45, 7) is 1.84. The highest BCUT2D eigenvalue weighted by Crippen LogP contribution is 2.27. The second kappa shape index (κ2) is 6.04. The maximum atomic E-state index is 10.8. The molecule has 108 valence electrons. The quantitative estimate of drug-likeness (QED) is 0.673. The molecule has 6 heteroatoms. The van der Waals surface area contributed by atoms with Crippen LogP contribution in [0.2, 0.25) is 0 Å². The lowest BCUT2D eigenvalue weighted by atomic mass is 10.1. The maximum Gasteiger partial charge on any atom is 0.335 e. The average molecular weight is 287 g/mol. The van der Waals surface area contributed by atoms with E-state index in [4.69, 9.17) is 9.84 Å². The summed E-state index contributed by atoms with van der Waals surface area (Å²) in [7, 11) is 0. The van der Waals surface area contributed by atoms with Crippen LogP contribution in [-0.4, -0.2) is 16.0 Å². The van der Waals surface area contributed by atoms with Gasteiger partial charge >= 0.3 is 5.97 Å². The molecule has 0 unspecified atom stereocenters. The van der Waals surface area contributed by atoms with Crippen molar-refractivity contribution in [3.63, 3.8) is 0 Å². The molecule has 0 saturated heterocycles. The van der Waals surface area contributed by atoms with Gasteiger partial charge in [-0.05, 0) is 30.7 Å². The zero-order chi connectivity index (χ0) is 15.4. The molecule has 0 aliphatic heterocycles. The van der Waals surface area contributed by atoms with Gasteiger partial charge in [0.25, 0.3) is 5.69 Å². The predicted octanol–water partition coefficient (Wildman–Crippen LogP) is 3.18. The fraction of sp³-hybridized carbons (Fsp3) is 0.133. The van der Waals surface area contributed by atoms with Crippen LogP contribution >= 0.6 is 0 Å². The minimum Gasteiger partial charge on any atom is -0.488 e. The van der Waals surface area contributed by atoms with Gasteiger partial charge in [-0.2, -0.15) is 0 Å². The zero-order valence-electron chi connectivity index (χ0n) is 11.3. The first-order valence-corrected chi connectivity index (χ1v) is 6.18. The van der Waals surface area contributed by atoms with Crippen LogP contribution in [0.4, 0.5) is 5.69 Å². The van der Waals surface area contributed by atoms with Crippen molar-refractivity contribution in [2.75, 3.05) is 0 Å². The molecular formula is C15H13NO5. The Balaban J connectivity index is 2.11. The minimum atomic E-state index is -0.989. The van der Waals surface area contributed by atoms with Crippen molar-refractivity contribution < 1.29 is 19.6 Å². The molecule has 0 radical (unpaired) electrons. The normalized spacial score (nSPS) is 10.1. The highest BCUT2D eigenvalue weighted by Gasteiger charge is 2.14. The van der Waals surface area contributed by atoms with Crippen LogP contribution in [0.5, 0.6) is 5.75 Å². The summed E-state index contributed by atoms with van der Waals surface area (Å²) < 4.78 is 5.56. The number of benzene rings is 2. The fourth-order valence-corrected chi connectivity index (χ4v) is 1.86. The summed E-state index contributed by atoms with van der Waals surface area (Å²) in [6, 6.07) is 10.9.